The molecule has 0 spiro atoms. The zero-order valence-electron chi connectivity index (χ0n) is 7.61. The lowest BCUT2D eigenvalue weighted by atomic mass is 9.84. The van der Waals surface area contributed by atoms with Crippen LogP contribution in [0.15, 0.2) is 0 Å². The zero-order chi connectivity index (χ0) is 8.48. The van der Waals surface area contributed by atoms with Gasteiger partial charge in [0, 0.05) is 12.5 Å². The summed E-state index contributed by atoms with van der Waals surface area (Å²) >= 11 is 0. The summed E-state index contributed by atoms with van der Waals surface area (Å²) in [5.74, 6) is 0.523. The van der Waals surface area contributed by atoms with Crippen molar-refractivity contribution >= 4 is 5.91 Å². The minimum absolute atomic E-state index is 0.250. The van der Waals surface area contributed by atoms with E-state index in [0.29, 0.717) is 0 Å². The molecule has 1 atom stereocenters. The predicted octanol–water partition coefficient (Wildman–Crippen LogP) is 1.56. The first-order chi connectivity index (χ1) is 4.99. The molecule has 0 aromatic rings. The first-order valence-electron chi connectivity index (χ1n) is 4.27. The van der Waals surface area contributed by atoms with Crippen LogP contribution in [0.3, 0.4) is 0 Å². The Morgan fingerprint density at radius 2 is 2.18 bits per heavy atom. The summed E-state index contributed by atoms with van der Waals surface area (Å²) in [4.78, 5) is 11.1. The summed E-state index contributed by atoms with van der Waals surface area (Å²) in [6.45, 7) is 7.41. The van der Waals surface area contributed by atoms with E-state index in [1.807, 2.05) is 0 Å². The molecule has 0 radical (unpaired) electrons. The molecule has 0 saturated carbocycles. The Morgan fingerprint density at radius 3 is 2.55 bits per heavy atom. The van der Waals surface area contributed by atoms with E-state index in [4.69, 9.17) is 0 Å². The summed E-state index contributed by atoms with van der Waals surface area (Å²) in [6, 6.07) is 0. The third-order valence-corrected chi connectivity index (χ3v) is 2.02. The van der Waals surface area contributed by atoms with Crippen molar-refractivity contribution in [3.05, 3.63) is 0 Å². The molecule has 2 heteroatoms. The topological polar surface area (TPSA) is 29.1 Å². The summed E-state index contributed by atoms with van der Waals surface area (Å²) < 4.78 is 0. The van der Waals surface area contributed by atoms with Gasteiger partial charge in [-0.2, -0.15) is 0 Å². The third kappa shape index (κ3) is 2.52. The molecule has 11 heavy (non-hydrogen) atoms. The van der Waals surface area contributed by atoms with Gasteiger partial charge in [-0.15, -0.1) is 0 Å². The van der Waals surface area contributed by atoms with Gasteiger partial charge >= 0.3 is 0 Å². The van der Waals surface area contributed by atoms with Crippen LogP contribution in [0.25, 0.3) is 0 Å². The molecule has 1 aliphatic rings. The van der Waals surface area contributed by atoms with Crippen molar-refractivity contribution in [2.24, 2.45) is 11.3 Å². The lowest BCUT2D eigenvalue weighted by Gasteiger charge is -2.20. The van der Waals surface area contributed by atoms with Gasteiger partial charge in [0.15, 0.2) is 0 Å². The Hall–Kier alpha value is -0.530. The van der Waals surface area contributed by atoms with Crippen molar-refractivity contribution in [1.29, 1.82) is 0 Å². The number of rotatable bonds is 1. The van der Waals surface area contributed by atoms with Crippen molar-refractivity contribution in [2.45, 2.75) is 33.6 Å². The van der Waals surface area contributed by atoms with Crippen molar-refractivity contribution in [1.82, 2.24) is 5.32 Å². The molecule has 2 nitrogen and oxygen atoms in total. The van der Waals surface area contributed by atoms with Crippen LogP contribution in [0.4, 0.5) is 0 Å². The average Bonchev–Trinajstić information content (AvgIpc) is 2.12. The standard InChI is InChI=1S/C9H17NO/c1-9(2,3)6-7-4-5-10-8(7)11/h7H,4-6H2,1-3H3,(H,10,11)/t7-/m1/s1. The van der Waals surface area contributed by atoms with Crippen LogP contribution in [0.5, 0.6) is 0 Å². The first-order valence-corrected chi connectivity index (χ1v) is 4.27. The molecular weight excluding hydrogens is 138 g/mol. The Morgan fingerprint density at radius 1 is 1.55 bits per heavy atom. The molecule has 1 amide bonds. The van der Waals surface area contributed by atoms with Crippen molar-refractivity contribution in [2.75, 3.05) is 6.54 Å². The summed E-state index contributed by atoms with van der Waals surface area (Å²) in [5, 5.41) is 2.85. The molecule has 1 aliphatic heterocycles. The molecule has 1 heterocycles. The highest BCUT2D eigenvalue weighted by atomic mass is 16.2. The number of hydrogen-bond acceptors (Lipinski definition) is 1. The molecule has 1 saturated heterocycles. The SMILES string of the molecule is CC(C)(C)C[C@H]1CCNC1=O. The molecule has 0 bridgehead atoms. The summed E-state index contributed by atoms with van der Waals surface area (Å²) in [7, 11) is 0. The highest BCUT2D eigenvalue weighted by molar-refractivity contribution is 5.80. The maximum absolute atomic E-state index is 11.1. The Kier molecular flexibility index (Phi) is 2.21. The third-order valence-electron chi connectivity index (χ3n) is 2.02. The Balaban J connectivity index is 2.43. The molecule has 0 unspecified atom stereocenters. The number of hydrogen-bond donors (Lipinski definition) is 1. The number of carbonyl (C=O) groups is 1. The van der Waals surface area contributed by atoms with Crippen LogP contribution in [-0.4, -0.2) is 12.5 Å². The molecule has 64 valence electrons. The van der Waals surface area contributed by atoms with Gasteiger partial charge in [0.1, 0.15) is 0 Å². The molecule has 0 aromatic carbocycles. The van der Waals surface area contributed by atoms with Crippen LogP contribution < -0.4 is 5.32 Å². The van der Waals surface area contributed by atoms with E-state index in [1.54, 1.807) is 0 Å². The second-order valence-electron chi connectivity index (χ2n) is 4.54. The van der Waals surface area contributed by atoms with E-state index < -0.39 is 0 Å². The van der Waals surface area contributed by atoms with Gasteiger partial charge in [0.2, 0.25) is 5.91 Å². The van der Waals surface area contributed by atoms with Gasteiger partial charge in [-0.05, 0) is 18.3 Å². The highest BCUT2D eigenvalue weighted by Gasteiger charge is 2.28. The van der Waals surface area contributed by atoms with Crippen molar-refractivity contribution in [3.63, 3.8) is 0 Å². The van der Waals surface area contributed by atoms with Crippen LogP contribution in [0.2, 0.25) is 0 Å². The molecule has 0 aromatic heterocycles. The Bertz CT molecular complexity index is 157. The average molecular weight is 155 g/mol. The van der Waals surface area contributed by atoms with Gasteiger partial charge in [0.25, 0.3) is 0 Å². The fraction of sp³-hybridized carbons (Fsp3) is 0.889. The van der Waals surface area contributed by atoms with E-state index in [0.717, 1.165) is 19.4 Å². The van der Waals surface area contributed by atoms with E-state index in [9.17, 15) is 4.79 Å². The second kappa shape index (κ2) is 2.84. The summed E-state index contributed by atoms with van der Waals surface area (Å²) in [6.07, 6.45) is 2.04. The van der Waals surface area contributed by atoms with E-state index in [1.165, 1.54) is 0 Å². The predicted molar refractivity (Wildman–Crippen MR) is 45.2 cm³/mol. The van der Waals surface area contributed by atoms with E-state index in [2.05, 4.69) is 26.1 Å². The molecule has 1 N–H and O–H groups in total. The van der Waals surface area contributed by atoms with Crippen molar-refractivity contribution < 1.29 is 4.79 Å². The van der Waals surface area contributed by atoms with E-state index >= 15 is 0 Å². The lowest BCUT2D eigenvalue weighted by molar-refractivity contribution is -0.123. The fourth-order valence-electron chi connectivity index (χ4n) is 1.58. The van der Waals surface area contributed by atoms with Crippen LogP contribution in [0.1, 0.15) is 33.6 Å². The fourth-order valence-corrected chi connectivity index (χ4v) is 1.58. The van der Waals surface area contributed by atoms with Crippen LogP contribution >= 0.6 is 0 Å². The van der Waals surface area contributed by atoms with Gasteiger partial charge < -0.3 is 5.32 Å². The van der Waals surface area contributed by atoms with Gasteiger partial charge in [-0.1, -0.05) is 20.8 Å². The lowest BCUT2D eigenvalue weighted by Crippen LogP contribution is -2.22. The number of amides is 1. The summed E-state index contributed by atoms with van der Waals surface area (Å²) in [5.41, 5.74) is 0.284. The number of nitrogens with one attached hydrogen (secondary N) is 1. The zero-order valence-corrected chi connectivity index (χ0v) is 7.61. The normalized spacial score (nSPS) is 25.4. The Labute approximate surface area is 68.4 Å². The maximum Gasteiger partial charge on any atom is 0.223 e. The molecule has 1 rings (SSSR count). The van der Waals surface area contributed by atoms with Crippen LogP contribution in [-0.2, 0) is 4.79 Å². The monoisotopic (exact) mass is 155 g/mol. The molecule has 1 fully saturated rings. The smallest absolute Gasteiger partial charge is 0.223 e. The van der Waals surface area contributed by atoms with Crippen molar-refractivity contribution in [3.8, 4) is 0 Å². The van der Waals surface area contributed by atoms with Gasteiger partial charge in [0.05, 0.1) is 0 Å². The van der Waals surface area contributed by atoms with Gasteiger partial charge in [-0.3, -0.25) is 4.79 Å². The minimum atomic E-state index is 0.250. The minimum Gasteiger partial charge on any atom is -0.356 e. The highest BCUT2D eigenvalue weighted by Crippen LogP contribution is 2.27. The second-order valence-corrected chi connectivity index (χ2v) is 4.54. The largest absolute Gasteiger partial charge is 0.356 e. The first kappa shape index (κ1) is 8.57. The van der Waals surface area contributed by atoms with Crippen LogP contribution in [0, 0.1) is 11.3 Å². The maximum atomic E-state index is 11.1. The molecule has 0 aliphatic carbocycles. The molecular formula is C9H17NO. The van der Waals surface area contributed by atoms with E-state index in [-0.39, 0.29) is 17.2 Å². The quantitative estimate of drug-likeness (QED) is 0.611. The number of carbonyl (C=O) groups excluding carboxylic acids is 1. The van der Waals surface area contributed by atoms with Gasteiger partial charge in [-0.25, -0.2) is 0 Å².